The van der Waals surface area contributed by atoms with Crippen molar-refractivity contribution in [2.45, 2.75) is 76.7 Å². The van der Waals surface area contributed by atoms with Crippen molar-refractivity contribution in [2.75, 3.05) is 23.1 Å². The number of benzene rings is 1. The molecule has 1 saturated carbocycles. The molecule has 0 heterocycles. The molecule has 5 N–H and O–H groups in total. The average molecular weight is 465 g/mol. The number of unbranched alkanes of at least 4 members (excludes halogenated alkanes) is 1. The number of nitrogens with two attached hydrogens (primary N) is 1. The fourth-order valence-electron chi connectivity index (χ4n) is 4.18. The van der Waals surface area contributed by atoms with Crippen LogP contribution in [-0.2, 0) is 14.4 Å². The molecule has 178 valence electrons. The van der Waals surface area contributed by atoms with Crippen molar-refractivity contribution < 1.29 is 14.4 Å². The lowest BCUT2D eigenvalue weighted by molar-refractivity contribution is -0.130. The molecule has 1 atom stereocenters. The number of carbonyl (C=O) groups is 3. The molecule has 0 aromatic heterocycles. The van der Waals surface area contributed by atoms with Gasteiger partial charge in [-0.2, -0.15) is 0 Å². The molecule has 0 spiro atoms. The van der Waals surface area contributed by atoms with E-state index in [-0.39, 0.29) is 23.6 Å². The number of nitrogens with one attached hydrogen (secondary N) is 3. The second-order valence-corrected chi connectivity index (χ2v) is 9.15. The van der Waals surface area contributed by atoms with E-state index in [1.807, 2.05) is 0 Å². The number of halogens is 1. The monoisotopic (exact) mass is 464 g/mol. The van der Waals surface area contributed by atoms with E-state index in [0.29, 0.717) is 36.7 Å². The Hall–Kier alpha value is -2.12. The highest BCUT2D eigenvalue weighted by molar-refractivity contribution is 6.29. The maximum absolute atomic E-state index is 13.2. The third kappa shape index (κ3) is 8.79. The molecule has 1 aliphatic rings. The van der Waals surface area contributed by atoms with Gasteiger partial charge in [-0.1, -0.05) is 38.2 Å². The maximum Gasteiger partial charge on any atom is 0.249 e. The van der Waals surface area contributed by atoms with Gasteiger partial charge in [-0.25, -0.2) is 0 Å². The van der Waals surface area contributed by atoms with Crippen molar-refractivity contribution >= 4 is 40.7 Å². The normalized spacial score (nSPS) is 16.1. The van der Waals surface area contributed by atoms with E-state index >= 15 is 0 Å². The first-order chi connectivity index (χ1) is 15.4. The van der Waals surface area contributed by atoms with Crippen LogP contribution >= 0.6 is 11.6 Å². The summed E-state index contributed by atoms with van der Waals surface area (Å²) in [6.45, 7) is 2.30. The van der Waals surface area contributed by atoms with Crippen LogP contribution in [-0.4, -0.2) is 35.7 Å². The summed E-state index contributed by atoms with van der Waals surface area (Å²) in [6, 6.07) is 6.84. The van der Waals surface area contributed by atoms with Crippen LogP contribution in [0.25, 0.3) is 0 Å². The molecule has 8 heteroatoms. The van der Waals surface area contributed by atoms with Crippen LogP contribution in [0.2, 0.25) is 0 Å². The summed E-state index contributed by atoms with van der Waals surface area (Å²) in [7, 11) is 0. The van der Waals surface area contributed by atoms with Crippen molar-refractivity contribution in [2.24, 2.45) is 11.7 Å². The summed E-state index contributed by atoms with van der Waals surface area (Å²) in [5.74, 6) is -0.252. The van der Waals surface area contributed by atoms with Crippen LogP contribution in [0.1, 0.15) is 71.1 Å². The highest BCUT2D eigenvalue weighted by Gasteiger charge is 2.34. The van der Waals surface area contributed by atoms with Gasteiger partial charge in [-0.05, 0) is 63.3 Å². The van der Waals surface area contributed by atoms with Crippen LogP contribution in [0.15, 0.2) is 24.3 Å². The molecule has 0 aliphatic heterocycles. The molecule has 2 rings (SSSR count). The van der Waals surface area contributed by atoms with Crippen LogP contribution < -0.4 is 21.7 Å². The molecule has 1 fully saturated rings. The summed E-state index contributed by atoms with van der Waals surface area (Å²) in [4.78, 5) is 37.4. The fraction of sp³-hybridized carbons (Fsp3) is 0.625. The second kappa shape index (κ2) is 13.4. The molecule has 0 bridgehead atoms. The minimum atomic E-state index is -1.05. The molecule has 1 aliphatic carbocycles. The van der Waals surface area contributed by atoms with E-state index in [1.54, 1.807) is 31.2 Å². The molecule has 1 aromatic rings. The zero-order valence-electron chi connectivity index (χ0n) is 19.1. The molecule has 32 heavy (non-hydrogen) atoms. The lowest BCUT2D eigenvalue weighted by atomic mass is 9.86. The van der Waals surface area contributed by atoms with Gasteiger partial charge in [0.05, 0.1) is 0 Å². The lowest BCUT2D eigenvalue weighted by Crippen LogP contribution is -2.54. The summed E-state index contributed by atoms with van der Waals surface area (Å²) in [6.07, 6.45) is 9.48. The Balaban J connectivity index is 2.01. The van der Waals surface area contributed by atoms with Crippen LogP contribution in [0.3, 0.4) is 0 Å². The first-order valence-corrected chi connectivity index (χ1v) is 12.2. The third-order valence-electron chi connectivity index (χ3n) is 6.08. The van der Waals surface area contributed by atoms with Gasteiger partial charge in [0.1, 0.15) is 11.4 Å². The van der Waals surface area contributed by atoms with Crippen molar-refractivity contribution in [3.05, 3.63) is 24.3 Å². The van der Waals surface area contributed by atoms with E-state index in [0.717, 1.165) is 19.3 Å². The lowest BCUT2D eigenvalue weighted by Gasteiger charge is -2.30. The van der Waals surface area contributed by atoms with Gasteiger partial charge in [-0.15, -0.1) is 11.6 Å². The van der Waals surface area contributed by atoms with E-state index in [4.69, 9.17) is 17.3 Å². The molecular formula is C24H37ClN4O3. The predicted octanol–water partition coefficient (Wildman–Crippen LogP) is 4.17. The fourth-order valence-corrected chi connectivity index (χ4v) is 4.24. The number of hydrogen-bond acceptors (Lipinski definition) is 4. The van der Waals surface area contributed by atoms with Gasteiger partial charge >= 0.3 is 0 Å². The van der Waals surface area contributed by atoms with Gasteiger partial charge < -0.3 is 21.7 Å². The Morgan fingerprint density at radius 2 is 1.75 bits per heavy atom. The van der Waals surface area contributed by atoms with Gasteiger partial charge in [-0.3, -0.25) is 14.4 Å². The standard InChI is InChI=1S/C24H37ClN4O3/c1-24(14-5-6-15-26,29-21(30)13-12-18-8-3-2-4-9-18)23(32)28-20-11-7-10-19(16-20)27-22(31)17-25/h7,10-11,16,18H,2-6,8-9,12-15,17,26H2,1H3,(H,27,31)(H,28,32)(H,29,30). The molecule has 1 unspecified atom stereocenters. The first-order valence-electron chi connectivity index (χ1n) is 11.6. The SMILES string of the molecule is CC(CCCCN)(NC(=O)CCC1CCCCC1)C(=O)Nc1cccc(NC(=O)CCl)c1. The first kappa shape index (κ1) is 26.1. The van der Waals surface area contributed by atoms with Gasteiger partial charge in [0, 0.05) is 17.8 Å². The predicted molar refractivity (Wildman–Crippen MR) is 130 cm³/mol. The number of carbonyl (C=O) groups excluding carboxylic acids is 3. The zero-order valence-corrected chi connectivity index (χ0v) is 19.8. The van der Waals surface area contributed by atoms with E-state index in [2.05, 4.69) is 16.0 Å². The minimum absolute atomic E-state index is 0.0934. The van der Waals surface area contributed by atoms with Crippen molar-refractivity contribution in [1.82, 2.24) is 5.32 Å². The van der Waals surface area contributed by atoms with Crippen molar-refractivity contribution in [1.29, 1.82) is 0 Å². The molecule has 0 radical (unpaired) electrons. The molecule has 1 aromatic carbocycles. The number of anilines is 2. The molecule has 3 amide bonds. The summed E-state index contributed by atoms with van der Waals surface area (Å²) >= 11 is 5.54. The van der Waals surface area contributed by atoms with Gasteiger partial charge in [0.2, 0.25) is 17.7 Å². The quantitative estimate of drug-likeness (QED) is 0.274. The van der Waals surface area contributed by atoms with E-state index < -0.39 is 5.54 Å². The number of alkyl halides is 1. The van der Waals surface area contributed by atoms with Crippen LogP contribution in [0.5, 0.6) is 0 Å². The zero-order chi connectivity index (χ0) is 23.4. The minimum Gasteiger partial charge on any atom is -0.342 e. The highest BCUT2D eigenvalue weighted by Crippen LogP contribution is 2.27. The Morgan fingerprint density at radius 1 is 1.06 bits per heavy atom. The van der Waals surface area contributed by atoms with Crippen molar-refractivity contribution in [3.8, 4) is 0 Å². The van der Waals surface area contributed by atoms with Crippen LogP contribution in [0, 0.1) is 5.92 Å². The third-order valence-corrected chi connectivity index (χ3v) is 6.32. The average Bonchev–Trinajstić information content (AvgIpc) is 2.78. The molecule has 0 saturated heterocycles. The number of rotatable bonds is 12. The topological polar surface area (TPSA) is 113 Å². The van der Waals surface area contributed by atoms with Crippen LogP contribution in [0.4, 0.5) is 11.4 Å². The summed E-state index contributed by atoms with van der Waals surface area (Å²) < 4.78 is 0. The second-order valence-electron chi connectivity index (χ2n) is 8.89. The Labute approximate surface area is 196 Å². The number of hydrogen-bond donors (Lipinski definition) is 4. The Kier molecular flexibility index (Phi) is 11.0. The summed E-state index contributed by atoms with van der Waals surface area (Å²) in [5.41, 5.74) is 5.65. The Morgan fingerprint density at radius 3 is 2.41 bits per heavy atom. The number of amides is 3. The van der Waals surface area contributed by atoms with Gasteiger partial charge in [0.15, 0.2) is 0 Å². The van der Waals surface area contributed by atoms with E-state index in [1.165, 1.54) is 32.1 Å². The molecular weight excluding hydrogens is 428 g/mol. The largest absolute Gasteiger partial charge is 0.342 e. The Bertz CT molecular complexity index is 767. The maximum atomic E-state index is 13.2. The van der Waals surface area contributed by atoms with E-state index in [9.17, 15) is 14.4 Å². The molecule has 7 nitrogen and oxygen atoms in total. The van der Waals surface area contributed by atoms with Crippen molar-refractivity contribution in [3.63, 3.8) is 0 Å². The smallest absolute Gasteiger partial charge is 0.249 e. The highest BCUT2D eigenvalue weighted by atomic mass is 35.5. The van der Waals surface area contributed by atoms with Gasteiger partial charge in [0.25, 0.3) is 0 Å². The summed E-state index contributed by atoms with van der Waals surface area (Å²) in [5, 5.41) is 8.53.